The summed E-state index contributed by atoms with van der Waals surface area (Å²) in [5.74, 6) is 0.470. The monoisotopic (exact) mass is 378 g/mol. The maximum atomic E-state index is 6.24. The minimum Gasteiger partial charge on any atom is -0.400 e. The van der Waals surface area contributed by atoms with Crippen molar-refractivity contribution in [3.63, 3.8) is 0 Å². The van der Waals surface area contributed by atoms with Crippen LogP contribution >= 0.6 is 47.4 Å². The molecule has 0 spiro atoms. The Labute approximate surface area is 152 Å². The summed E-state index contributed by atoms with van der Waals surface area (Å²) in [5.41, 5.74) is 0.769. The molecule has 0 bridgehead atoms. The molecule has 0 radical (unpaired) electrons. The van der Waals surface area contributed by atoms with Crippen molar-refractivity contribution < 1.29 is 9.31 Å². The van der Waals surface area contributed by atoms with Crippen molar-refractivity contribution in [2.45, 2.75) is 38.9 Å². The first-order chi connectivity index (χ1) is 10.1. The number of hydrogen-bond acceptors (Lipinski definition) is 3. The fourth-order valence-electron chi connectivity index (χ4n) is 2.06. The Morgan fingerprint density at radius 2 is 1.68 bits per heavy atom. The Morgan fingerprint density at radius 1 is 1.14 bits per heavy atom. The van der Waals surface area contributed by atoms with Gasteiger partial charge in [-0.1, -0.05) is 40.9 Å². The summed E-state index contributed by atoms with van der Waals surface area (Å²) in [6, 6.07) is 3.36. The van der Waals surface area contributed by atoms with Crippen LogP contribution in [0.1, 0.15) is 33.3 Å². The van der Waals surface area contributed by atoms with E-state index in [1.165, 1.54) is 0 Å². The van der Waals surface area contributed by atoms with Crippen LogP contribution in [0.3, 0.4) is 0 Å². The second kappa shape index (κ2) is 6.58. The number of hydrogen-bond donors (Lipinski definition) is 1. The molecule has 2 nitrogen and oxygen atoms in total. The summed E-state index contributed by atoms with van der Waals surface area (Å²) in [6.45, 7) is 8.03. The molecule has 2 rings (SSSR count). The molecule has 0 saturated carbocycles. The molecular weight excluding hydrogens is 361 g/mol. The van der Waals surface area contributed by atoms with Gasteiger partial charge in [-0.05, 0) is 50.9 Å². The Morgan fingerprint density at radius 3 is 2.18 bits per heavy atom. The van der Waals surface area contributed by atoms with Gasteiger partial charge in [0.25, 0.3) is 0 Å². The summed E-state index contributed by atoms with van der Waals surface area (Å²) in [7, 11) is -0.476. The molecule has 1 aromatic rings. The van der Waals surface area contributed by atoms with Crippen molar-refractivity contribution in [2.75, 3.05) is 5.75 Å². The van der Waals surface area contributed by atoms with Gasteiger partial charge in [-0.25, -0.2) is 0 Å². The molecule has 0 aliphatic carbocycles. The van der Waals surface area contributed by atoms with Crippen LogP contribution in [0.5, 0.6) is 0 Å². The number of halogens is 3. The lowest BCUT2D eigenvalue weighted by atomic mass is 9.78. The maximum absolute atomic E-state index is 6.24. The van der Waals surface area contributed by atoms with E-state index in [0.29, 0.717) is 20.8 Å². The second-order valence-corrected chi connectivity index (χ2v) is 7.79. The molecule has 0 atom stereocenters. The minimum absolute atomic E-state index is 0.407. The van der Waals surface area contributed by atoms with Gasteiger partial charge in [-0.3, -0.25) is 0 Å². The topological polar surface area (TPSA) is 18.5 Å². The molecule has 0 aromatic heterocycles. The average molecular weight is 380 g/mol. The molecule has 120 valence electrons. The highest BCUT2D eigenvalue weighted by Gasteiger charge is 2.52. The summed E-state index contributed by atoms with van der Waals surface area (Å²) < 4.78 is 12.1. The molecule has 1 aliphatic rings. The number of thiol groups is 1. The first-order valence-electron chi connectivity index (χ1n) is 6.89. The van der Waals surface area contributed by atoms with E-state index in [4.69, 9.17) is 44.1 Å². The third-order valence-corrected chi connectivity index (χ3v) is 5.50. The smallest absolute Gasteiger partial charge is 0.400 e. The lowest BCUT2D eigenvalue weighted by Crippen LogP contribution is -2.41. The van der Waals surface area contributed by atoms with E-state index in [2.05, 4.69) is 12.6 Å². The van der Waals surface area contributed by atoms with Gasteiger partial charge in [0.2, 0.25) is 0 Å². The Bertz CT molecular complexity index is 601. The maximum Gasteiger partial charge on any atom is 0.491 e. The molecule has 0 amide bonds. The highest BCUT2D eigenvalue weighted by Crippen LogP contribution is 2.39. The molecule has 0 N–H and O–H groups in total. The molecular formula is C15H18BCl3O2S. The van der Waals surface area contributed by atoms with Crippen LogP contribution in [0.2, 0.25) is 15.1 Å². The van der Waals surface area contributed by atoms with Gasteiger partial charge in [0.15, 0.2) is 0 Å². The van der Waals surface area contributed by atoms with Crippen LogP contribution in [0.15, 0.2) is 17.6 Å². The molecule has 1 aromatic carbocycles. The Hall–Kier alpha value is 0.165. The zero-order valence-corrected chi connectivity index (χ0v) is 16.1. The SMILES string of the molecule is CC1(C)OB(C(=Cc2cc(Cl)cc(Cl)c2Cl)CS)OC1(C)C. The van der Waals surface area contributed by atoms with E-state index in [0.717, 1.165) is 11.0 Å². The summed E-state index contributed by atoms with van der Waals surface area (Å²) >= 11 is 22.7. The minimum atomic E-state index is -0.476. The third-order valence-electron chi connectivity index (χ3n) is 4.10. The van der Waals surface area contributed by atoms with Crippen LogP contribution < -0.4 is 0 Å². The fraction of sp³-hybridized carbons (Fsp3) is 0.467. The largest absolute Gasteiger partial charge is 0.491 e. The van der Waals surface area contributed by atoms with Crippen molar-refractivity contribution >= 4 is 60.6 Å². The number of benzene rings is 1. The lowest BCUT2D eigenvalue weighted by molar-refractivity contribution is 0.00578. The van der Waals surface area contributed by atoms with Crippen molar-refractivity contribution in [1.29, 1.82) is 0 Å². The summed E-state index contributed by atoms with van der Waals surface area (Å²) in [4.78, 5) is 0. The Kier molecular flexibility index (Phi) is 5.53. The first kappa shape index (κ1) is 18.5. The van der Waals surface area contributed by atoms with Gasteiger partial charge in [-0.15, -0.1) is 0 Å². The van der Waals surface area contributed by atoms with E-state index >= 15 is 0 Å². The number of rotatable bonds is 3. The van der Waals surface area contributed by atoms with Gasteiger partial charge in [-0.2, -0.15) is 12.6 Å². The molecule has 22 heavy (non-hydrogen) atoms. The van der Waals surface area contributed by atoms with Crippen LogP contribution in [0, 0.1) is 0 Å². The van der Waals surface area contributed by atoms with Crippen LogP contribution in [-0.2, 0) is 9.31 Å². The second-order valence-electron chi connectivity index (χ2n) is 6.26. The predicted molar refractivity (Wildman–Crippen MR) is 99.4 cm³/mol. The highest BCUT2D eigenvalue weighted by molar-refractivity contribution is 7.80. The van der Waals surface area contributed by atoms with E-state index < -0.39 is 18.3 Å². The van der Waals surface area contributed by atoms with E-state index in [-0.39, 0.29) is 0 Å². The molecule has 0 unspecified atom stereocenters. The third kappa shape index (κ3) is 3.63. The van der Waals surface area contributed by atoms with Gasteiger partial charge >= 0.3 is 7.12 Å². The summed E-state index contributed by atoms with van der Waals surface area (Å²) in [5, 5.41) is 1.38. The quantitative estimate of drug-likeness (QED) is 0.419. The standard InChI is InChI=1S/C15H18BCl3O2S/c1-14(2)15(3,4)21-16(20-14)10(8-22)5-9-6-11(17)7-12(18)13(9)19/h5-7,22H,8H2,1-4H3. The molecule has 1 heterocycles. The normalized spacial score (nSPS) is 20.5. The zero-order valence-electron chi connectivity index (χ0n) is 12.9. The fourth-order valence-corrected chi connectivity index (χ4v) is 2.98. The zero-order chi connectivity index (χ0) is 16.7. The molecule has 1 fully saturated rings. The first-order valence-corrected chi connectivity index (χ1v) is 8.65. The van der Waals surface area contributed by atoms with Crippen molar-refractivity contribution in [3.8, 4) is 0 Å². The van der Waals surface area contributed by atoms with Crippen LogP contribution in [0.25, 0.3) is 6.08 Å². The van der Waals surface area contributed by atoms with Gasteiger partial charge in [0.1, 0.15) is 0 Å². The predicted octanol–water partition coefficient (Wildman–Crippen LogP) is 5.59. The molecule has 7 heteroatoms. The van der Waals surface area contributed by atoms with Crippen LogP contribution in [-0.4, -0.2) is 24.1 Å². The molecule has 1 aliphatic heterocycles. The summed E-state index contributed by atoms with van der Waals surface area (Å²) in [6.07, 6.45) is 1.87. The Balaban J connectivity index is 2.38. The van der Waals surface area contributed by atoms with Crippen molar-refractivity contribution in [1.82, 2.24) is 0 Å². The van der Waals surface area contributed by atoms with E-state index in [1.807, 2.05) is 33.8 Å². The van der Waals surface area contributed by atoms with E-state index in [9.17, 15) is 0 Å². The van der Waals surface area contributed by atoms with Crippen molar-refractivity contribution in [3.05, 3.63) is 38.2 Å². The lowest BCUT2D eigenvalue weighted by Gasteiger charge is -2.32. The molecule has 1 saturated heterocycles. The van der Waals surface area contributed by atoms with Gasteiger partial charge < -0.3 is 9.31 Å². The van der Waals surface area contributed by atoms with Crippen molar-refractivity contribution in [2.24, 2.45) is 0 Å². The van der Waals surface area contributed by atoms with Gasteiger partial charge in [0.05, 0.1) is 21.2 Å². The highest BCUT2D eigenvalue weighted by atomic mass is 35.5. The average Bonchev–Trinajstić information content (AvgIpc) is 2.60. The van der Waals surface area contributed by atoms with Crippen LogP contribution in [0.4, 0.5) is 0 Å². The van der Waals surface area contributed by atoms with E-state index in [1.54, 1.807) is 12.1 Å². The van der Waals surface area contributed by atoms with Gasteiger partial charge in [0, 0.05) is 10.8 Å².